The predicted octanol–water partition coefficient (Wildman–Crippen LogP) is 1.75. The molecule has 0 bridgehead atoms. The minimum atomic E-state index is -0.883. The Morgan fingerprint density at radius 2 is 2.35 bits per heavy atom. The van der Waals surface area contributed by atoms with Crippen LogP contribution < -0.4 is 5.32 Å². The van der Waals surface area contributed by atoms with E-state index in [1.807, 2.05) is 5.38 Å². The molecule has 1 aliphatic carbocycles. The van der Waals surface area contributed by atoms with Crippen LogP contribution in [0.25, 0.3) is 0 Å². The molecular weight excluding hydrogens is 238 g/mol. The number of aryl methyl sites for hydroxylation is 1. The molecule has 2 rings (SSSR count). The standard InChI is InChI=1S/C12H15NO3S/c1-7-3-5-17-11(7)8-6-9(8)12(16)13-4-2-10(14)15/h3,5,8-9H,2,4,6H2,1H3,(H,13,16)(H,14,15). The second-order valence-electron chi connectivity index (χ2n) is 4.35. The van der Waals surface area contributed by atoms with E-state index in [-0.39, 0.29) is 24.8 Å². The third-order valence-corrected chi connectivity index (χ3v) is 4.15. The quantitative estimate of drug-likeness (QED) is 0.840. The van der Waals surface area contributed by atoms with Crippen molar-refractivity contribution in [2.75, 3.05) is 6.54 Å². The SMILES string of the molecule is Cc1ccsc1C1CC1C(=O)NCCC(=O)O. The second-order valence-corrected chi connectivity index (χ2v) is 5.30. The Hall–Kier alpha value is -1.36. The highest BCUT2D eigenvalue weighted by Crippen LogP contribution is 2.50. The van der Waals surface area contributed by atoms with Gasteiger partial charge < -0.3 is 10.4 Å². The van der Waals surface area contributed by atoms with Crippen molar-refractivity contribution in [2.45, 2.75) is 25.7 Å². The largest absolute Gasteiger partial charge is 0.481 e. The molecule has 2 unspecified atom stereocenters. The van der Waals surface area contributed by atoms with E-state index in [9.17, 15) is 9.59 Å². The highest BCUT2D eigenvalue weighted by molar-refractivity contribution is 7.10. The number of amides is 1. The van der Waals surface area contributed by atoms with E-state index in [1.54, 1.807) is 11.3 Å². The first-order valence-electron chi connectivity index (χ1n) is 5.63. The summed E-state index contributed by atoms with van der Waals surface area (Å²) >= 11 is 1.70. The number of carboxylic acid groups (broad SMARTS) is 1. The van der Waals surface area contributed by atoms with E-state index in [1.165, 1.54) is 10.4 Å². The molecule has 0 spiro atoms. The monoisotopic (exact) mass is 253 g/mol. The Bertz CT molecular complexity index is 441. The molecule has 1 aromatic heterocycles. The molecule has 17 heavy (non-hydrogen) atoms. The third-order valence-electron chi connectivity index (χ3n) is 3.00. The molecule has 0 saturated heterocycles. The van der Waals surface area contributed by atoms with Crippen LogP contribution in [-0.4, -0.2) is 23.5 Å². The predicted molar refractivity (Wildman–Crippen MR) is 65.2 cm³/mol. The van der Waals surface area contributed by atoms with E-state index in [0.717, 1.165) is 6.42 Å². The third kappa shape index (κ3) is 2.85. The highest BCUT2D eigenvalue weighted by Gasteiger charge is 2.45. The van der Waals surface area contributed by atoms with Gasteiger partial charge in [-0.3, -0.25) is 9.59 Å². The van der Waals surface area contributed by atoms with Gasteiger partial charge in [0.25, 0.3) is 0 Å². The van der Waals surface area contributed by atoms with Crippen LogP contribution in [-0.2, 0) is 9.59 Å². The summed E-state index contributed by atoms with van der Waals surface area (Å²) in [5.41, 5.74) is 1.25. The van der Waals surface area contributed by atoms with Gasteiger partial charge in [0.2, 0.25) is 5.91 Å². The fourth-order valence-electron chi connectivity index (χ4n) is 1.96. The Balaban J connectivity index is 1.81. The molecule has 0 aromatic carbocycles. The lowest BCUT2D eigenvalue weighted by Gasteiger charge is -2.02. The van der Waals surface area contributed by atoms with Gasteiger partial charge in [-0.15, -0.1) is 11.3 Å². The van der Waals surface area contributed by atoms with Crippen molar-refractivity contribution in [2.24, 2.45) is 5.92 Å². The number of rotatable bonds is 5. The molecule has 92 valence electrons. The first-order valence-corrected chi connectivity index (χ1v) is 6.51. The zero-order valence-electron chi connectivity index (χ0n) is 9.60. The van der Waals surface area contributed by atoms with Crippen molar-refractivity contribution in [3.05, 3.63) is 21.9 Å². The lowest BCUT2D eigenvalue weighted by Crippen LogP contribution is -2.27. The molecule has 1 aliphatic rings. The van der Waals surface area contributed by atoms with E-state index in [2.05, 4.69) is 18.3 Å². The van der Waals surface area contributed by atoms with Gasteiger partial charge in [0.1, 0.15) is 0 Å². The van der Waals surface area contributed by atoms with Crippen molar-refractivity contribution >= 4 is 23.2 Å². The van der Waals surface area contributed by atoms with Crippen LogP contribution >= 0.6 is 11.3 Å². The lowest BCUT2D eigenvalue weighted by molar-refractivity contribution is -0.136. The topological polar surface area (TPSA) is 66.4 Å². The van der Waals surface area contributed by atoms with Crippen molar-refractivity contribution in [3.63, 3.8) is 0 Å². The van der Waals surface area contributed by atoms with Crippen molar-refractivity contribution in [3.8, 4) is 0 Å². The first kappa shape index (κ1) is 12.1. The summed E-state index contributed by atoms with van der Waals surface area (Å²) in [5.74, 6) is -0.503. The van der Waals surface area contributed by atoms with Crippen LogP contribution in [0.3, 0.4) is 0 Å². The van der Waals surface area contributed by atoms with Crippen molar-refractivity contribution < 1.29 is 14.7 Å². The van der Waals surface area contributed by atoms with Crippen LogP contribution in [0, 0.1) is 12.8 Å². The molecule has 1 fully saturated rings. The number of carbonyl (C=O) groups is 2. The maximum absolute atomic E-state index is 11.7. The van der Waals surface area contributed by atoms with Crippen LogP contribution in [0.1, 0.15) is 29.2 Å². The van der Waals surface area contributed by atoms with Gasteiger partial charge in [0.15, 0.2) is 0 Å². The van der Waals surface area contributed by atoms with Crippen LogP contribution in [0.15, 0.2) is 11.4 Å². The molecule has 0 radical (unpaired) electrons. The molecule has 2 N–H and O–H groups in total. The van der Waals surface area contributed by atoms with Gasteiger partial charge in [-0.05, 0) is 30.4 Å². The second kappa shape index (κ2) is 4.87. The smallest absolute Gasteiger partial charge is 0.305 e. The van der Waals surface area contributed by atoms with E-state index < -0.39 is 5.97 Å². The maximum atomic E-state index is 11.7. The van der Waals surface area contributed by atoms with E-state index >= 15 is 0 Å². The van der Waals surface area contributed by atoms with Crippen LogP contribution in [0.5, 0.6) is 0 Å². The highest BCUT2D eigenvalue weighted by atomic mass is 32.1. The summed E-state index contributed by atoms with van der Waals surface area (Å²) < 4.78 is 0. The molecule has 0 aliphatic heterocycles. The maximum Gasteiger partial charge on any atom is 0.305 e. The average Bonchev–Trinajstić information content (AvgIpc) is 2.94. The van der Waals surface area contributed by atoms with Gasteiger partial charge in [-0.1, -0.05) is 0 Å². The van der Waals surface area contributed by atoms with Crippen LogP contribution in [0.2, 0.25) is 0 Å². The van der Waals surface area contributed by atoms with Gasteiger partial charge in [-0.2, -0.15) is 0 Å². The summed E-state index contributed by atoms with van der Waals surface area (Å²) in [7, 11) is 0. The van der Waals surface area contributed by atoms with Gasteiger partial charge >= 0.3 is 5.97 Å². The Kier molecular flexibility index (Phi) is 3.47. The Morgan fingerprint density at radius 1 is 1.59 bits per heavy atom. The Labute approximate surface area is 104 Å². The van der Waals surface area contributed by atoms with E-state index in [0.29, 0.717) is 5.92 Å². The summed E-state index contributed by atoms with van der Waals surface area (Å²) in [6.45, 7) is 2.28. The number of thiophene rings is 1. The number of aliphatic carboxylic acids is 1. The number of carboxylic acids is 1. The molecule has 1 aromatic rings. The van der Waals surface area contributed by atoms with Crippen LogP contribution in [0.4, 0.5) is 0 Å². The lowest BCUT2D eigenvalue weighted by atomic mass is 10.2. The van der Waals surface area contributed by atoms with Gasteiger partial charge in [-0.25, -0.2) is 0 Å². The zero-order chi connectivity index (χ0) is 12.4. The number of hydrogen-bond acceptors (Lipinski definition) is 3. The summed E-state index contributed by atoms with van der Waals surface area (Å²) in [6, 6.07) is 2.07. The molecule has 4 nitrogen and oxygen atoms in total. The van der Waals surface area contributed by atoms with E-state index in [4.69, 9.17) is 5.11 Å². The Morgan fingerprint density at radius 3 is 2.94 bits per heavy atom. The summed E-state index contributed by atoms with van der Waals surface area (Å²) in [5, 5.41) is 13.2. The van der Waals surface area contributed by atoms with Crippen molar-refractivity contribution in [1.82, 2.24) is 5.32 Å². The minimum absolute atomic E-state index is 0.0101. The molecule has 1 heterocycles. The fourth-order valence-corrected chi connectivity index (χ4v) is 3.07. The number of nitrogens with one attached hydrogen (secondary N) is 1. The summed E-state index contributed by atoms with van der Waals surface area (Å²) in [4.78, 5) is 23.3. The number of hydrogen-bond donors (Lipinski definition) is 2. The molecule has 1 amide bonds. The first-order chi connectivity index (χ1) is 8.09. The zero-order valence-corrected chi connectivity index (χ0v) is 10.4. The van der Waals surface area contributed by atoms with Gasteiger partial charge in [0.05, 0.1) is 6.42 Å². The fraction of sp³-hybridized carbons (Fsp3) is 0.500. The molecule has 1 saturated carbocycles. The molecular formula is C12H15NO3S. The molecule has 5 heteroatoms. The van der Waals surface area contributed by atoms with Crippen molar-refractivity contribution in [1.29, 1.82) is 0 Å². The molecule has 2 atom stereocenters. The van der Waals surface area contributed by atoms with Gasteiger partial charge in [0, 0.05) is 23.3 Å². The normalized spacial score (nSPS) is 22.2. The average molecular weight is 253 g/mol. The minimum Gasteiger partial charge on any atom is -0.481 e. The summed E-state index contributed by atoms with van der Waals surface area (Å²) in [6.07, 6.45) is 0.876. The number of carbonyl (C=O) groups excluding carboxylic acids is 1.